The molecule has 1 N–H and O–H groups in total. The number of rotatable bonds is 7. The molecule has 0 aromatic heterocycles. The highest BCUT2D eigenvalue weighted by atomic mass is 19.3. The number of nitrogens with zero attached hydrogens (tertiary/aromatic N) is 1. The van der Waals surface area contributed by atoms with Crippen LogP contribution in [-0.2, 0) is 0 Å². The second kappa shape index (κ2) is 7.35. The highest BCUT2D eigenvalue weighted by molar-refractivity contribution is 5.19. The molecule has 96 valence electrons. The summed E-state index contributed by atoms with van der Waals surface area (Å²) in [4.78, 5) is 1.70. The van der Waals surface area contributed by atoms with E-state index >= 15 is 0 Å². The van der Waals surface area contributed by atoms with Crippen LogP contribution in [0.3, 0.4) is 0 Å². The van der Waals surface area contributed by atoms with Crippen LogP contribution in [-0.4, -0.2) is 38.0 Å². The van der Waals surface area contributed by atoms with Gasteiger partial charge in [-0.15, -0.1) is 0 Å². The van der Waals surface area contributed by atoms with Crippen molar-refractivity contribution in [3.05, 3.63) is 35.9 Å². The fourth-order valence-corrected chi connectivity index (χ4v) is 1.83. The topological polar surface area (TPSA) is 15.3 Å². The Labute approximate surface area is 102 Å². The number of nitrogens with one attached hydrogen (secondary N) is 1. The van der Waals surface area contributed by atoms with Crippen molar-refractivity contribution in [1.29, 1.82) is 0 Å². The molecule has 0 radical (unpaired) electrons. The first-order chi connectivity index (χ1) is 8.15. The summed E-state index contributed by atoms with van der Waals surface area (Å²) in [6.07, 6.45) is -2.30. The second-order valence-corrected chi connectivity index (χ2v) is 4.06. The fraction of sp³-hybridized carbons (Fsp3) is 0.538. The maximum absolute atomic E-state index is 12.4. The van der Waals surface area contributed by atoms with Crippen LogP contribution in [0.5, 0.6) is 0 Å². The summed E-state index contributed by atoms with van der Waals surface area (Å²) in [6, 6.07) is 9.74. The van der Waals surface area contributed by atoms with E-state index in [1.807, 2.05) is 37.3 Å². The van der Waals surface area contributed by atoms with Crippen LogP contribution in [0.25, 0.3) is 0 Å². The first-order valence-electron chi connectivity index (χ1n) is 5.89. The van der Waals surface area contributed by atoms with Crippen LogP contribution < -0.4 is 5.32 Å². The number of hydrogen-bond acceptors (Lipinski definition) is 2. The molecule has 4 heteroatoms. The van der Waals surface area contributed by atoms with E-state index in [0.717, 1.165) is 12.1 Å². The molecular weight excluding hydrogens is 222 g/mol. The van der Waals surface area contributed by atoms with Crippen molar-refractivity contribution in [3.8, 4) is 0 Å². The molecule has 0 saturated heterocycles. The lowest BCUT2D eigenvalue weighted by molar-refractivity contribution is 0.0803. The predicted molar refractivity (Wildman–Crippen MR) is 66.4 cm³/mol. The van der Waals surface area contributed by atoms with Crippen molar-refractivity contribution >= 4 is 0 Å². The van der Waals surface area contributed by atoms with Gasteiger partial charge < -0.3 is 5.32 Å². The molecule has 0 fully saturated rings. The molecule has 0 spiro atoms. The average molecular weight is 242 g/mol. The Bertz CT molecular complexity index is 304. The highest BCUT2D eigenvalue weighted by Gasteiger charge is 2.19. The Morgan fingerprint density at radius 2 is 1.88 bits per heavy atom. The average Bonchev–Trinajstić information content (AvgIpc) is 2.30. The number of likely N-dealkylation sites (N-methyl/N-ethyl adjacent to an activating group) is 2. The maximum Gasteiger partial charge on any atom is 0.251 e. The van der Waals surface area contributed by atoms with Crippen LogP contribution in [0.2, 0.25) is 0 Å². The van der Waals surface area contributed by atoms with Crippen molar-refractivity contribution in [2.24, 2.45) is 0 Å². The molecule has 0 amide bonds. The quantitative estimate of drug-likeness (QED) is 0.790. The third kappa shape index (κ3) is 4.79. The lowest BCUT2D eigenvalue weighted by atomic mass is 10.1. The molecule has 17 heavy (non-hydrogen) atoms. The van der Waals surface area contributed by atoms with Crippen molar-refractivity contribution < 1.29 is 8.78 Å². The van der Waals surface area contributed by atoms with Crippen molar-refractivity contribution in [3.63, 3.8) is 0 Å². The zero-order valence-corrected chi connectivity index (χ0v) is 10.4. The molecule has 1 atom stereocenters. The summed E-state index contributed by atoms with van der Waals surface area (Å²) in [5.41, 5.74) is 1.07. The van der Waals surface area contributed by atoms with Gasteiger partial charge >= 0.3 is 0 Å². The minimum absolute atomic E-state index is 0.00912. The summed E-state index contributed by atoms with van der Waals surface area (Å²) in [5, 5.41) is 3.21. The van der Waals surface area contributed by atoms with Crippen LogP contribution >= 0.6 is 0 Å². The number of alkyl halides is 2. The van der Waals surface area contributed by atoms with Gasteiger partial charge in [0.25, 0.3) is 6.43 Å². The summed E-state index contributed by atoms with van der Waals surface area (Å²) in [6.45, 7) is 3.33. The zero-order valence-electron chi connectivity index (χ0n) is 10.4. The van der Waals surface area contributed by atoms with E-state index in [0.29, 0.717) is 6.54 Å². The third-order valence-corrected chi connectivity index (χ3v) is 2.73. The summed E-state index contributed by atoms with van der Waals surface area (Å²) in [5.74, 6) is 0. The monoisotopic (exact) mass is 242 g/mol. The number of hydrogen-bond donors (Lipinski definition) is 1. The Kier molecular flexibility index (Phi) is 6.08. The third-order valence-electron chi connectivity index (χ3n) is 2.73. The fourth-order valence-electron chi connectivity index (χ4n) is 1.83. The van der Waals surface area contributed by atoms with Gasteiger partial charge in [0.05, 0.1) is 6.54 Å². The maximum atomic E-state index is 12.4. The largest absolute Gasteiger partial charge is 0.315 e. The van der Waals surface area contributed by atoms with Crippen LogP contribution in [0.1, 0.15) is 18.5 Å². The van der Waals surface area contributed by atoms with Gasteiger partial charge in [-0.3, -0.25) is 4.90 Å². The van der Waals surface area contributed by atoms with E-state index in [1.54, 1.807) is 11.9 Å². The van der Waals surface area contributed by atoms with Gasteiger partial charge in [0.15, 0.2) is 0 Å². The molecule has 0 aliphatic carbocycles. The van der Waals surface area contributed by atoms with E-state index in [4.69, 9.17) is 0 Å². The minimum Gasteiger partial charge on any atom is -0.315 e. The molecule has 1 aromatic rings. The van der Waals surface area contributed by atoms with Gasteiger partial charge in [0.2, 0.25) is 0 Å². The predicted octanol–water partition coefficient (Wildman–Crippen LogP) is 2.53. The molecule has 0 saturated carbocycles. The minimum atomic E-state index is -2.30. The molecule has 0 heterocycles. The van der Waals surface area contributed by atoms with Crippen LogP contribution in [0.4, 0.5) is 8.78 Å². The molecule has 1 aromatic carbocycles. The van der Waals surface area contributed by atoms with E-state index in [2.05, 4.69) is 5.32 Å². The summed E-state index contributed by atoms with van der Waals surface area (Å²) in [7, 11) is 1.74. The van der Waals surface area contributed by atoms with E-state index in [9.17, 15) is 8.78 Å². The van der Waals surface area contributed by atoms with Gasteiger partial charge in [-0.1, -0.05) is 37.3 Å². The number of benzene rings is 1. The lowest BCUT2D eigenvalue weighted by Crippen LogP contribution is -2.36. The Morgan fingerprint density at radius 1 is 1.24 bits per heavy atom. The molecule has 0 bridgehead atoms. The molecule has 0 aliphatic heterocycles. The van der Waals surface area contributed by atoms with Crippen molar-refractivity contribution in [2.75, 3.05) is 26.7 Å². The van der Waals surface area contributed by atoms with Gasteiger partial charge in [-0.2, -0.15) is 0 Å². The van der Waals surface area contributed by atoms with Gasteiger partial charge in [0.1, 0.15) is 0 Å². The van der Waals surface area contributed by atoms with Gasteiger partial charge in [-0.05, 0) is 19.2 Å². The Hall–Kier alpha value is -1.00. The zero-order chi connectivity index (χ0) is 12.7. The van der Waals surface area contributed by atoms with E-state index < -0.39 is 6.43 Å². The lowest BCUT2D eigenvalue weighted by Gasteiger charge is -2.28. The smallest absolute Gasteiger partial charge is 0.251 e. The normalized spacial score (nSPS) is 13.3. The van der Waals surface area contributed by atoms with Gasteiger partial charge in [0, 0.05) is 12.6 Å². The first kappa shape index (κ1) is 14.1. The second-order valence-electron chi connectivity index (χ2n) is 4.06. The molecule has 1 rings (SSSR count). The van der Waals surface area contributed by atoms with E-state index in [1.165, 1.54) is 0 Å². The standard InChI is InChI=1S/C13H20F2N2/c1-3-16-9-12(17(2)10-13(14)15)11-7-5-4-6-8-11/h4-8,12-13,16H,3,9-10H2,1-2H3. The number of halogens is 2. The molecule has 1 unspecified atom stereocenters. The Morgan fingerprint density at radius 3 is 2.41 bits per heavy atom. The van der Waals surface area contributed by atoms with E-state index in [-0.39, 0.29) is 12.6 Å². The van der Waals surface area contributed by atoms with Gasteiger partial charge in [-0.25, -0.2) is 8.78 Å². The summed E-state index contributed by atoms with van der Waals surface area (Å²) < 4.78 is 24.8. The molecule has 2 nitrogen and oxygen atoms in total. The van der Waals surface area contributed by atoms with Crippen LogP contribution in [0, 0.1) is 0 Å². The molecular formula is C13H20F2N2. The molecule has 0 aliphatic rings. The highest BCUT2D eigenvalue weighted by Crippen LogP contribution is 2.19. The Balaban J connectivity index is 2.73. The first-order valence-corrected chi connectivity index (χ1v) is 5.89. The summed E-state index contributed by atoms with van der Waals surface area (Å²) >= 11 is 0. The van der Waals surface area contributed by atoms with Crippen LogP contribution in [0.15, 0.2) is 30.3 Å². The van der Waals surface area contributed by atoms with Crippen molar-refractivity contribution in [1.82, 2.24) is 10.2 Å². The SMILES string of the molecule is CCNCC(c1ccccc1)N(C)CC(F)F. The van der Waals surface area contributed by atoms with Crippen molar-refractivity contribution in [2.45, 2.75) is 19.4 Å².